The van der Waals surface area contributed by atoms with Gasteiger partial charge >= 0.3 is 0 Å². The maximum atomic E-state index is 4.07. The van der Waals surface area contributed by atoms with Crippen LogP contribution in [0.15, 0.2) is 48.7 Å². The monoisotopic (exact) mass is 239 g/mol. The van der Waals surface area contributed by atoms with Crippen molar-refractivity contribution in [1.29, 1.82) is 0 Å². The number of hydrogen-bond acceptors (Lipinski definition) is 3. The van der Waals surface area contributed by atoms with Crippen LogP contribution in [0.4, 0.5) is 5.82 Å². The van der Waals surface area contributed by atoms with Crippen LogP contribution in [0.5, 0.6) is 0 Å². The lowest BCUT2D eigenvalue weighted by Crippen LogP contribution is -2.41. The molecule has 18 heavy (non-hydrogen) atoms. The van der Waals surface area contributed by atoms with E-state index in [2.05, 4.69) is 45.8 Å². The summed E-state index contributed by atoms with van der Waals surface area (Å²) in [6.45, 7) is 0.940. The van der Waals surface area contributed by atoms with Gasteiger partial charge in [0, 0.05) is 18.2 Å². The molecule has 3 heteroatoms. The Morgan fingerprint density at radius 1 is 1.06 bits per heavy atom. The molecule has 2 aromatic rings. The fourth-order valence-corrected chi connectivity index (χ4v) is 2.62. The van der Waals surface area contributed by atoms with Gasteiger partial charge in [-0.2, -0.15) is 5.10 Å². The van der Waals surface area contributed by atoms with Crippen molar-refractivity contribution in [2.45, 2.75) is 24.7 Å². The summed E-state index contributed by atoms with van der Waals surface area (Å²) in [4.78, 5) is 0. The molecular weight excluding hydrogens is 222 g/mol. The van der Waals surface area contributed by atoms with Crippen LogP contribution in [0.2, 0.25) is 0 Å². The zero-order valence-electron chi connectivity index (χ0n) is 10.3. The fourth-order valence-electron chi connectivity index (χ4n) is 2.62. The predicted octanol–water partition coefficient (Wildman–Crippen LogP) is 3.01. The predicted molar refractivity (Wildman–Crippen MR) is 72.5 cm³/mol. The smallest absolute Gasteiger partial charge is 0.148 e. The van der Waals surface area contributed by atoms with Crippen molar-refractivity contribution in [2.75, 3.05) is 11.9 Å². The van der Waals surface area contributed by atoms with Crippen LogP contribution in [0.3, 0.4) is 0 Å². The van der Waals surface area contributed by atoms with E-state index < -0.39 is 0 Å². The Kier molecular flexibility index (Phi) is 2.97. The van der Waals surface area contributed by atoms with Crippen LogP contribution in [-0.4, -0.2) is 16.7 Å². The Hall–Kier alpha value is -1.90. The van der Waals surface area contributed by atoms with E-state index in [1.807, 2.05) is 12.1 Å². The summed E-state index contributed by atoms with van der Waals surface area (Å²) in [5, 5.41) is 11.4. The van der Waals surface area contributed by atoms with E-state index in [1.165, 1.54) is 24.8 Å². The Balaban J connectivity index is 1.74. The van der Waals surface area contributed by atoms with Crippen molar-refractivity contribution in [3.8, 4) is 0 Å². The van der Waals surface area contributed by atoms with Crippen LogP contribution in [0.25, 0.3) is 0 Å². The maximum absolute atomic E-state index is 4.07. The molecule has 3 rings (SSSR count). The van der Waals surface area contributed by atoms with E-state index in [4.69, 9.17) is 0 Å². The van der Waals surface area contributed by atoms with E-state index in [9.17, 15) is 0 Å². The second kappa shape index (κ2) is 4.77. The SMILES string of the molecule is c1ccc(C2(CNc3cccnn3)CCC2)cc1. The van der Waals surface area contributed by atoms with Crippen molar-refractivity contribution in [2.24, 2.45) is 0 Å². The molecule has 1 heterocycles. The van der Waals surface area contributed by atoms with E-state index in [0.29, 0.717) is 5.41 Å². The summed E-state index contributed by atoms with van der Waals surface area (Å²) >= 11 is 0. The molecule has 0 aliphatic heterocycles. The minimum Gasteiger partial charge on any atom is -0.368 e. The summed E-state index contributed by atoms with van der Waals surface area (Å²) in [5.74, 6) is 0.861. The molecule has 3 nitrogen and oxygen atoms in total. The quantitative estimate of drug-likeness (QED) is 0.891. The van der Waals surface area contributed by atoms with Gasteiger partial charge in [0.1, 0.15) is 5.82 Å². The average Bonchev–Trinajstić information content (AvgIpc) is 2.40. The van der Waals surface area contributed by atoms with Gasteiger partial charge in [0.05, 0.1) is 0 Å². The van der Waals surface area contributed by atoms with Gasteiger partial charge in [0.15, 0.2) is 0 Å². The lowest BCUT2D eigenvalue weighted by molar-refractivity contribution is 0.260. The van der Waals surface area contributed by atoms with Crippen molar-refractivity contribution in [3.05, 3.63) is 54.2 Å². The van der Waals surface area contributed by atoms with Crippen LogP contribution >= 0.6 is 0 Å². The summed E-state index contributed by atoms with van der Waals surface area (Å²) in [7, 11) is 0. The van der Waals surface area contributed by atoms with Gasteiger partial charge in [-0.1, -0.05) is 36.8 Å². The van der Waals surface area contributed by atoms with E-state index in [1.54, 1.807) is 6.20 Å². The van der Waals surface area contributed by atoms with Gasteiger partial charge in [-0.3, -0.25) is 0 Å². The molecule has 1 fully saturated rings. The van der Waals surface area contributed by atoms with Gasteiger partial charge in [-0.05, 0) is 30.5 Å². The first-order valence-electron chi connectivity index (χ1n) is 6.46. The molecule has 92 valence electrons. The third kappa shape index (κ3) is 2.08. The summed E-state index contributed by atoms with van der Waals surface area (Å²) < 4.78 is 0. The topological polar surface area (TPSA) is 37.8 Å². The average molecular weight is 239 g/mol. The molecule has 0 saturated heterocycles. The van der Waals surface area contributed by atoms with Crippen LogP contribution < -0.4 is 5.32 Å². The molecule has 0 bridgehead atoms. The lowest BCUT2D eigenvalue weighted by atomic mass is 9.64. The van der Waals surface area contributed by atoms with Gasteiger partial charge in [-0.25, -0.2) is 0 Å². The Morgan fingerprint density at radius 2 is 1.89 bits per heavy atom. The highest BCUT2D eigenvalue weighted by atomic mass is 15.2. The Labute approximate surface area is 107 Å². The first-order chi connectivity index (χ1) is 8.89. The fraction of sp³-hybridized carbons (Fsp3) is 0.333. The molecule has 1 aromatic heterocycles. The number of nitrogens with one attached hydrogen (secondary N) is 1. The first kappa shape index (κ1) is 11.2. The van der Waals surface area contributed by atoms with Gasteiger partial charge in [0.2, 0.25) is 0 Å². The summed E-state index contributed by atoms with van der Waals surface area (Å²) in [6, 6.07) is 14.7. The number of hydrogen-bond donors (Lipinski definition) is 1. The van der Waals surface area contributed by atoms with Crippen LogP contribution in [-0.2, 0) is 5.41 Å². The molecular formula is C15H17N3. The second-order valence-electron chi connectivity index (χ2n) is 4.96. The van der Waals surface area contributed by atoms with E-state index in [0.717, 1.165) is 12.4 Å². The lowest BCUT2D eigenvalue weighted by Gasteiger charge is -2.42. The van der Waals surface area contributed by atoms with Crippen molar-refractivity contribution in [3.63, 3.8) is 0 Å². The molecule has 0 spiro atoms. The van der Waals surface area contributed by atoms with E-state index in [-0.39, 0.29) is 0 Å². The normalized spacial score (nSPS) is 16.9. The zero-order chi connectivity index (χ0) is 12.3. The molecule has 0 atom stereocenters. The Bertz CT molecular complexity index is 492. The zero-order valence-corrected chi connectivity index (χ0v) is 10.3. The van der Waals surface area contributed by atoms with Gasteiger partial charge in [0.25, 0.3) is 0 Å². The Morgan fingerprint density at radius 3 is 2.50 bits per heavy atom. The minimum atomic E-state index is 0.290. The van der Waals surface area contributed by atoms with Crippen molar-refractivity contribution < 1.29 is 0 Å². The molecule has 1 saturated carbocycles. The van der Waals surface area contributed by atoms with Crippen LogP contribution in [0, 0.1) is 0 Å². The molecule has 0 unspecified atom stereocenters. The molecule has 0 radical (unpaired) electrons. The third-order valence-electron chi connectivity index (χ3n) is 3.88. The first-order valence-corrected chi connectivity index (χ1v) is 6.46. The molecule has 1 aliphatic carbocycles. The number of nitrogens with zero attached hydrogens (tertiary/aromatic N) is 2. The van der Waals surface area contributed by atoms with Crippen molar-refractivity contribution >= 4 is 5.82 Å². The highest BCUT2D eigenvalue weighted by molar-refractivity contribution is 5.36. The number of aromatic nitrogens is 2. The highest BCUT2D eigenvalue weighted by Crippen LogP contribution is 2.43. The molecule has 0 amide bonds. The number of rotatable bonds is 4. The third-order valence-corrected chi connectivity index (χ3v) is 3.88. The summed E-state index contributed by atoms with van der Waals surface area (Å²) in [5.41, 5.74) is 1.73. The van der Waals surface area contributed by atoms with Gasteiger partial charge in [-0.15, -0.1) is 5.10 Å². The molecule has 1 aromatic carbocycles. The standard InChI is InChI=1S/C15H17N3/c1-2-6-13(7-3-1)15(9-5-10-15)12-16-14-8-4-11-17-18-14/h1-4,6-8,11H,5,9-10,12H2,(H,16,18). The summed E-state index contributed by atoms with van der Waals surface area (Å²) in [6.07, 6.45) is 5.52. The number of benzene rings is 1. The maximum Gasteiger partial charge on any atom is 0.148 e. The molecule has 1 N–H and O–H groups in total. The second-order valence-corrected chi connectivity index (χ2v) is 4.96. The van der Waals surface area contributed by atoms with Gasteiger partial charge < -0.3 is 5.32 Å². The van der Waals surface area contributed by atoms with Crippen LogP contribution in [0.1, 0.15) is 24.8 Å². The largest absolute Gasteiger partial charge is 0.368 e. The highest BCUT2D eigenvalue weighted by Gasteiger charge is 2.38. The minimum absolute atomic E-state index is 0.290. The number of anilines is 1. The molecule has 1 aliphatic rings. The van der Waals surface area contributed by atoms with E-state index >= 15 is 0 Å². The van der Waals surface area contributed by atoms with Crippen molar-refractivity contribution in [1.82, 2.24) is 10.2 Å².